The predicted octanol–water partition coefficient (Wildman–Crippen LogP) is 9.87. The minimum atomic E-state index is -1.52. The number of nitrogens with zero attached hydrogens (tertiary/aromatic N) is 6. The zero-order chi connectivity index (χ0) is 51.9. The minimum Gasteiger partial charge on any atom is -0.490 e. The summed E-state index contributed by atoms with van der Waals surface area (Å²) in [4.78, 5) is 37.7. The van der Waals surface area contributed by atoms with Gasteiger partial charge in [0.1, 0.15) is 53.5 Å². The largest absolute Gasteiger partial charge is 0.490 e. The van der Waals surface area contributed by atoms with Crippen LogP contribution in [-0.2, 0) is 32.0 Å². The number of aliphatic carboxylic acids is 1. The average Bonchev–Trinajstić information content (AvgIpc) is 3.79. The van der Waals surface area contributed by atoms with Crippen molar-refractivity contribution in [1.82, 2.24) is 29.7 Å². The maximum Gasteiger partial charge on any atom is 0.345 e. The molecular weight excluding hydrogens is 1020 g/mol. The molecule has 3 atom stereocenters. The zero-order valence-corrected chi connectivity index (χ0v) is 44.0. The molecule has 0 amide bonds. The molecule has 1 saturated heterocycles. The Morgan fingerprint density at radius 2 is 1.70 bits per heavy atom. The first-order chi connectivity index (χ1) is 35.8. The van der Waals surface area contributed by atoms with Crippen molar-refractivity contribution in [2.75, 3.05) is 86.5 Å². The summed E-state index contributed by atoms with van der Waals surface area (Å²) < 4.78 is 72.5. The van der Waals surface area contributed by atoms with Gasteiger partial charge in [0, 0.05) is 74.9 Å². The Morgan fingerprint density at radius 3 is 2.43 bits per heavy atom. The number of piperazine rings is 1. The van der Waals surface area contributed by atoms with Crippen molar-refractivity contribution in [1.29, 1.82) is 0 Å². The maximum absolute atomic E-state index is 15.7. The number of halogens is 4. The molecular formula is C54H58Cl2F2N6O9S. The van der Waals surface area contributed by atoms with Crippen LogP contribution < -0.4 is 18.9 Å². The number of hydrogen-bond acceptors (Lipinski definition) is 15. The third-order valence-corrected chi connectivity index (χ3v) is 15.5. The summed E-state index contributed by atoms with van der Waals surface area (Å²) in [5, 5.41) is 11.9. The molecule has 1 fully saturated rings. The van der Waals surface area contributed by atoms with Gasteiger partial charge in [-0.25, -0.2) is 33.5 Å². The lowest BCUT2D eigenvalue weighted by atomic mass is 9.87. The van der Waals surface area contributed by atoms with Crippen LogP contribution in [0.25, 0.3) is 37.4 Å². The molecule has 3 aromatic heterocycles. The van der Waals surface area contributed by atoms with E-state index >= 15 is 4.39 Å². The molecule has 0 spiro atoms. The van der Waals surface area contributed by atoms with Crippen molar-refractivity contribution >= 4 is 56.3 Å². The first-order valence-electron chi connectivity index (χ1n) is 24.5. The van der Waals surface area contributed by atoms with Crippen LogP contribution in [0.1, 0.15) is 47.5 Å². The fourth-order valence-electron chi connectivity index (χ4n) is 9.32. The Bertz CT molecular complexity index is 2970. The van der Waals surface area contributed by atoms with E-state index in [9.17, 15) is 14.3 Å². The van der Waals surface area contributed by atoms with Crippen LogP contribution in [-0.4, -0.2) is 145 Å². The van der Waals surface area contributed by atoms with Gasteiger partial charge in [-0.1, -0.05) is 41.4 Å². The standard InChI is InChI=1S/C54H58Cl2F2N6O9S/c1-32-43-33(2)47(56)48(46(32)55)72-40(27-64-19-17-63(3)18-20-64)29-70-39-9-10-41(71-28-38-13-16-59-50(62-38)35-11-14-54(58,15-12-35)30-69-24-23-68-22-21-67-4)36(25-39)26-42(53(65)66)73-51-45-44(43)49(74-52(45)61-31-60-51)34-5-7-37(57)8-6-34/h5-11,13,16,25,31,40,42H,12,14-15,17-24,26-30H2,1-4H3,(H,65,66)/t40-,42-,54+/m1/s1. The van der Waals surface area contributed by atoms with E-state index in [1.54, 1.807) is 49.7 Å². The number of benzene rings is 3. The van der Waals surface area contributed by atoms with Gasteiger partial charge in [0.25, 0.3) is 0 Å². The van der Waals surface area contributed by atoms with Crippen molar-refractivity contribution in [3.05, 3.63) is 111 Å². The summed E-state index contributed by atoms with van der Waals surface area (Å²) in [5.41, 5.74) is 3.52. The second kappa shape index (κ2) is 24.0. The van der Waals surface area contributed by atoms with Crippen LogP contribution in [0.2, 0.25) is 10.0 Å². The molecule has 3 aromatic carbocycles. The Labute approximate surface area is 442 Å². The van der Waals surface area contributed by atoms with Gasteiger partial charge in [-0.05, 0) is 98.0 Å². The molecule has 74 heavy (non-hydrogen) atoms. The van der Waals surface area contributed by atoms with Crippen LogP contribution in [0.4, 0.5) is 8.78 Å². The number of carbonyl (C=O) groups is 1. The van der Waals surface area contributed by atoms with E-state index in [0.717, 1.165) is 31.8 Å². The van der Waals surface area contributed by atoms with Gasteiger partial charge in [0.15, 0.2) is 11.6 Å². The third kappa shape index (κ3) is 12.4. The highest BCUT2D eigenvalue weighted by atomic mass is 35.5. The van der Waals surface area contributed by atoms with Gasteiger partial charge >= 0.3 is 5.97 Å². The van der Waals surface area contributed by atoms with Crippen LogP contribution in [0.15, 0.2) is 67.1 Å². The molecule has 20 heteroatoms. The molecule has 4 bridgehead atoms. The topological polar surface area (TPSA) is 160 Å². The van der Waals surface area contributed by atoms with Gasteiger partial charge in [0.05, 0.1) is 54.2 Å². The summed E-state index contributed by atoms with van der Waals surface area (Å²) in [7, 11) is 3.70. The molecule has 0 unspecified atom stereocenters. The lowest BCUT2D eigenvalue weighted by molar-refractivity contribution is -0.145. The molecule has 1 aliphatic carbocycles. The number of thiophene rings is 1. The van der Waals surface area contributed by atoms with Crippen molar-refractivity contribution in [2.24, 2.45) is 0 Å². The van der Waals surface area contributed by atoms with E-state index in [1.165, 1.54) is 29.8 Å². The molecule has 6 aromatic rings. The lowest BCUT2D eigenvalue weighted by Gasteiger charge is -2.35. The molecule has 0 radical (unpaired) electrons. The molecule has 4 aliphatic rings. The number of carboxylic acid groups (broad SMARTS) is 1. The monoisotopic (exact) mass is 1070 g/mol. The molecule has 1 N–H and O–H groups in total. The van der Waals surface area contributed by atoms with Gasteiger partial charge in [-0.2, -0.15) is 0 Å². The van der Waals surface area contributed by atoms with Gasteiger partial charge in [0.2, 0.25) is 12.0 Å². The lowest BCUT2D eigenvalue weighted by Crippen LogP contribution is -2.49. The van der Waals surface area contributed by atoms with Gasteiger partial charge in [-0.3, -0.25) is 4.90 Å². The SMILES string of the molecule is COCCOCCOC[C@]1(F)CC=C(c2nccc(COc3ccc4cc3C[C@H](C(=O)O)Oc3ncnc5sc(-c6ccc(F)cc6)c(c35)-c3c(C)c(Cl)c(c(Cl)c3C)O[C@H](CN3CCN(C)CC3)CO4)n2)CC1. The minimum absolute atomic E-state index is 0.00270. The smallest absolute Gasteiger partial charge is 0.345 e. The fraction of sp³-hybridized carbons (Fsp3) is 0.426. The number of allylic oxidation sites excluding steroid dienone is 2. The van der Waals surface area contributed by atoms with E-state index in [4.69, 9.17) is 61.3 Å². The van der Waals surface area contributed by atoms with Crippen LogP contribution in [0.3, 0.4) is 0 Å². The highest BCUT2D eigenvalue weighted by molar-refractivity contribution is 7.22. The van der Waals surface area contributed by atoms with Crippen molar-refractivity contribution in [3.63, 3.8) is 0 Å². The van der Waals surface area contributed by atoms with Crippen molar-refractivity contribution < 1.29 is 51.8 Å². The highest BCUT2D eigenvalue weighted by Gasteiger charge is 2.34. The Morgan fingerprint density at radius 1 is 0.946 bits per heavy atom. The number of ether oxygens (including phenoxy) is 7. The molecule has 0 saturated carbocycles. The van der Waals surface area contributed by atoms with Crippen LogP contribution in [0.5, 0.6) is 23.1 Å². The first kappa shape index (κ1) is 53.3. The maximum atomic E-state index is 15.7. The van der Waals surface area contributed by atoms with Crippen molar-refractivity contribution in [2.45, 2.75) is 64.0 Å². The quantitative estimate of drug-likeness (QED) is 0.0912. The highest BCUT2D eigenvalue weighted by Crippen LogP contribution is 2.53. The Kier molecular flexibility index (Phi) is 17.2. The molecule has 392 valence electrons. The summed E-state index contributed by atoms with van der Waals surface area (Å²) in [5.74, 6) is -0.101. The van der Waals surface area contributed by atoms with Crippen LogP contribution >= 0.6 is 34.5 Å². The summed E-state index contributed by atoms with van der Waals surface area (Å²) in [6, 6.07) is 13.0. The second-order valence-corrected chi connectivity index (χ2v) is 20.5. The van der Waals surface area contributed by atoms with E-state index in [1.807, 2.05) is 19.9 Å². The number of fused-ring (bicyclic) bond motifs is 7. The van der Waals surface area contributed by atoms with E-state index in [-0.39, 0.29) is 61.6 Å². The number of methoxy groups -OCH3 is 1. The average molecular weight is 1080 g/mol. The molecule has 10 rings (SSSR count). The number of carboxylic acids is 1. The fourth-order valence-corrected chi connectivity index (χ4v) is 11.0. The summed E-state index contributed by atoms with van der Waals surface area (Å²) in [6.07, 6.45) is 3.36. The number of aromatic nitrogens is 4. The normalized spacial score (nSPS) is 19.6. The zero-order valence-electron chi connectivity index (χ0n) is 41.6. The van der Waals surface area contributed by atoms with Crippen molar-refractivity contribution in [3.8, 4) is 44.7 Å². The third-order valence-electron chi connectivity index (χ3n) is 13.5. The molecule has 3 aliphatic heterocycles. The van der Waals surface area contributed by atoms with E-state index in [2.05, 4.69) is 31.8 Å². The number of rotatable bonds is 16. The Hall–Kier alpha value is -5.57. The second-order valence-electron chi connectivity index (χ2n) is 18.7. The molecule has 6 heterocycles. The number of likely N-dealkylation sites (N-methyl/N-ethyl adjacent to an activating group) is 1. The van der Waals surface area contributed by atoms with E-state index in [0.29, 0.717) is 110 Å². The summed E-state index contributed by atoms with van der Waals surface area (Å²) >= 11 is 16.0. The first-order valence-corrected chi connectivity index (χ1v) is 26.1. The van der Waals surface area contributed by atoms with Crippen LogP contribution in [0, 0.1) is 19.7 Å². The Balaban J connectivity index is 1.05. The van der Waals surface area contributed by atoms with Gasteiger partial charge < -0.3 is 43.2 Å². The predicted molar refractivity (Wildman–Crippen MR) is 279 cm³/mol. The number of alkyl halides is 1. The number of hydrogen-bond donors (Lipinski definition) is 1. The van der Waals surface area contributed by atoms with E-state index < -0.39 is 29.7 Å². The van der Waals surface area contributed by atoms with Gasteiger partial charge in [-0.15, -0.1) is 11.3 Å². The molecule has 15 nitrogen and oxygen atoms in total. The summed E-state index contributed by atoms with van der Waals surface area (Å²) in [6.45, 7) is 9.25.